The molecule has 0 spiro atoms. The van der Waals surface area contributed by atoms with E-state index in [-0.39, 0.29) is 5.82 Å². The van der Waals surface area contributed by atoms with Gasteiger partial charge in [0.1, 0.15) is 12.4 Å². The van der Waals surface area contributed by atoms with Gasteiger partial charge in [0, 0.05) is 16.6 Å². The van der Waals surface area contributed by atoms with Crippen LogP contribution >= 0.6 is 15.9 Å². The Balaban J connectivity index is 2.08. The maximum atomic E-state index is 13.2. The quantitative estimate of drug-likeness (QED) is 0.872. The SMILES string of the molecule is CCNCc1cc(F)cnc1OCc1cccc(Br)c1. The number of hydrogen-bond donors (Lipinski definition) is 1. The van der Waals surface area contributed by atoms with Crippen molar-refractivity contribution in [2.45, 2.75) is 20.1 Å². The second-order valence-electron chi connectivity index (χ2n) is 4.32. The van der Waals surface area contributed by atoms with E-state index in [0.29, 0.717) is 19.0 Å². The van der Waals surface area contributed by atoms with Gasteiger partial charge in [-0.2, -0.15) is 0 Å². The molecule has 2 rings (SSSR count). The molecule has 0 bridgehead atoms. The zero-order chi connectivity index (χ0) is 14.4. The van der Waals surface area contributed by atoms with Gasteiger partial charge in [0.15, 0.2) is 0 Å². The zero-order valence-electron chi connectivity index (χ0n) is 11.2. The monoisotopic (exact) mass is 338 g/mol. The summed E-state index contributed by atoms with van der Waals surface area (Å²) in [6, 6.07) is 9.30. The molecule has 0 saturated heterocycles. The molecule has 1 aromatic heterocycles. The number of benzene rings is 1. The predicted molar refractivity (Wildman–Crippen MR) is 80.0 cm³/mol. The first-order valence-corrected chi connectivity index (χ1v) is 7.20. The normalized spacial score (nSPS) is 10.6. The van der Waals surface area contributed by atoms with Gasteiger partial charge in [-0.05, 0) is 30.3 Å². The summed E-state index contributed by atoms with van der Waals surface area (Å²) in [5.41, 5.74) is 1.75. The van der Waals surface area contributed by atoms with Gasteiger partial charge in [0.05, 0.1) is 6.20 Å². The van der Waals surface area contributed by atoms with Crippen molar-refractivity contribution in [3.05, 3.63) is 57.9 Å². The van der Waals surface area contributed by atoms with Gasteiger partial charge >= 0.3 is 0 Å². The number of hydrogen-bond acceptors (Lipinski definition) is 3. The number of rotatable bonds is 6. The summed E-state index contributed by atoms with van der Waals surface area (Å²) in [5, 5.41) is 3.15. The van der Waals surface area contributed by atoms with Gasteiger partial charge in [-0.3, -0.25) is 0 Å². The van der Waals surface area contributed by atoms with Crippen LogP contribution in [0.5, 0.6) is 5.88 Å². The molecular weight excluding hydrogens is 323 g/mol. The van der Waals surface area contributed by atoms with E-state index in [9.17, 15) is 4.39 Å². The van der Waals surface area contributed by atoms with Crippen LogP contribution in [0.3, 0.4) is 0 Å². The second-order valence-corrected chi connectivity index (χ2v) is 5.23. The minimum atomic E-state index is -0.354. The van der Waals surface area contributed by atoms with Gasteiger partial charge in [0.2, 0.25) is 5.88 Å². The summed E-state index contributed by atoms with van der Waals surface area (Å²) in [5.74, 6) is 0.111. The average molecular weight is 339 g/mol. The lowest BCUT2D eigenvalue weighted by molar-refractivity contribution is 0.288. The van der Waals surface area contributed by atoms with Gasteiger partial charge in [-0.1, -0.05) is 35.0 Å². The Bertz CT molecular complexity index is 578. The summed E-state index contributed by atoms with van der Waals surface area (Å²) in [6.07, 6.45) is 1.17. The number of nitrogens with zero attached hydrogens (tertiary/aromatic N) is 1. The maximum absolute atomic E-state index is 13.2. The average Bonchev–Trinajstić information content (AvgIpc) is 2.44. The molecule has 0 fully saturated rings. The van der Waals surface area contributed by atoms with Crippen molar-refractivity contribution in [1.29, 1.82) is 0 Å². The van der Waals surface area contributed by atoms with Gasteiger partial charge in [-0.25, -0.2) is 9.37 Å². The van der Waals surface area contributed by atoms with E-state index in [2.05, 4.69) is 26.2 Å². The molecule has 0 atom stereocenters. The summed E-state index contributed by atoms with van der Waals surface area (Å²) >= 11 is 3.42. The highest BCUT2D eigenvalue weighted by atomic mass is 79.9. The lowest BCUT2D eigenvalue weighted by atomic mass is 10.2. The van der Waals surface area contributed by atoms with E-state index in [4.69, 9.17) is 4.74 Å². The molecule has 106 valence electrons. The minimum absolute atomic E-state index is 0.354. The highest BCUT2D eigenvalue weighted by Crippen LogP contribution is 2.19. The molecule has 3 nitrogen and oxygen atoms in total. The van der Waals surface area contributed by atoms with E-state index in [0.717, 1.165) is 22.1 Å². The molecular formula is C15H16BrFN2O. The smallest absolute Gasteiger partial charge is 0.218 e. The van der Waals surface area contributed by atoms with Crippen molar-refractivity contribution < 1.29 is 9.13 Å². The number of nitrogens with one attached hydrogen (secondary N) is 1. The van der Waals surface area contributed by atoms with Crippen molar-refractivity contribution in [1.82, 2.24) is 10.3 Å². The van der Waals surface area contributed by atoms with Gasteiger partial charge < -0.3 is 10.1 Å². The molecule has 5 heteroatoms. The number of aromatic nitrogens is 1. The predicted octanol–water partition coefficient (Wildman–Crippen LogP) is 3.67. The molecule has 0 unspecified atom stereocenters. The molecule has 0 aliphatic heterocycles. The Kier molecular flexibility index (Phi) is 5.49. The minimum Gasteiger partial charge on any atom is -0.473 e. The lowest BCUT2D eigenvalue weighted by Gasteiger charge is -2.11. The Morgan fingerprint density at radius 2 is 2.20 bits per heavy atom. The molecule has 0 amide bonds. The molecule has 0 radical (unpaired) electrons. The molecule has 1 aromatic carbocycles. The third-order valence-electron chi connectivity index (χ3n) is 2.72. The van der Waals surface area contributed by atoms with Crippen molar-refractivity contribution in [3.63, 3.8) is 0 Å². The molecule has 0 saturated carbocycles. The topological polar surface area (TPSA) is 34.2 Å². The van der Waals surface area contributed by atoms with E-state index in [1.807, 2.05) is 31.2 Å². The van der Waals surface area contributed by atoms with Crippen LogP contribution in [0.15, 0.2) is 41.0 Å². The van der Waals surface area contributed by atoms with E-state index >= 15 is 0 Å². The third kappa shape index (κ3) is 4.28. The molecule has 1 heterocycles. The van der Waals surface area contributed by atoms with Crippen LogP contribution in [-0.2, 0) is 13.2 Å². The molecule has 20 heavy (non-hydrogen) atoms. The van der Waals surface area contributed by atoms with Crippen LogP contribution in [0, 0.1) is 5.82 Å². The Morgan fingerprint density at radius 1 is 1.35 bits per heavy atom. The van der Waals surface area contributed by atoms with E-state index in [1.165, 1.54) is 12.3 Å². The second kappa shape index (κ2) is 7.36. The van der Waals surface area contributed by atoms with Crippen molar-refractivity contribution in [2.24, 2.45) is 0 Å². The van der Waals surface area contributed by atoms with Crippen LogP contribution in [0.25, 0.3) is 0 Å². The van der Waals surface area contributed by atoms with Crippen molar-refractivity contribution in [2.75, 3.05) is 6.54 Å². The Labute approximate surface area is 126 Å². The van der Waals surface area contributed by atoms with Crippen molar-refractivity contribution in [3.8, 4) is 5.88 Å². The first-order chi connectivity index (χ1) is 9.69. The summed E-state index contributed by atoms with van der Waals surface area (Å²) in [6.45, 7) is 3.74. The first-order valence-electron chi connectivity index (χ1n) is 6.41. The van der Waals surface area contributed by atoms with E-state index in [1.54, 1.807) is 0 Å². The lowest BCUT2D eigenvalue weighted by Crippen LogP contribution is -2.13. The zero-order valence-corrected chi connectivity index (χ0v) is 12.8. The highest BCUT2D eigenvalue weighted by molar-refractivity contribution is 9.10. The molecule has 0 aliphatic rings. The highest BCUT2D eigenvalue weighted by Gasteiger charge is 2.07. The van der Waals surface area contributed by atoms with Crippen LogP contribution in [0.1, 0.15) is 18.1 Å². The van der Waals surface area contributed by atoms with Gasteiger partial charge in [0.25, 0.3) is 0 Å². The van der Waals surface area contributed by atoms with E-state index < -0.39 is 0 Å². The summed E-state index contributed by atoms with van der Waals surface area (Å²) in [4.78, 5) is 4.02. The molecule has 2 aromatic rings. The number of halogens is 2. The third-order valence-corrected chi connectivity index (χ3v) is 3.22. The fraction of sp³-hybridized carbons (Fsp3) is 0.267. The van der Waals surface area contributed by atoms with Gasteiger partial charge in [-0.15, -0.1) is 0 Å². The largest absolute Gasteiger partial charge is 0.473 e. The first kappa shape index (κ1) is 14.9. The standard InChI is InChI=1S/C15H16BrFN2O/c1-2-18-8-12-7-14(17)9-19-15(12)20-10-11-4-3-5-13(16)6-11/h3-7,9,18H,2,8,10H2,1H3. The fourth-order valence-electron chi connectivity index (χ4n) is 1.76. The fourth-order valence-corrected chi connectivity index (χ4v) is 2.21. The van der Waals surface area contributed by atoms with Crippen LogP contribution < -0.4 is 10.1 Å². The summed E-state index contributed by atoms with van der Waals surface area (Å²) in [7, 11) is 0. The number of ether oxygens (including phenoxy) is 1. The Hall–Kier alpha value is -1.46. The maximum Gasteiger partial charge on any atom is 0.218 e. The van der Waals surface area contributed by atoms with Crippen LogP contribution in [0.4, 0.5) is 4.39 Å². The number of pyridine rings is 1. The molecule has 0 aliphatic carbocycles. The van der Waals surface area contributed by atoms with Crippen molar-refractivity contribution >= 4 is 15.9 Å². The van der Waals surface area contributed by atoms with Crippen LogP contribution in [-0.4, -0.2) is 11.5 Å². The Morgan fingerprint density at radius 3 is 2.95 bits per heavy atom. The molecule has 1 N–H and O–H groups in total. The van der Waals surface area contributed by atoms with Crippen LogP contribution in [0.2, 0.25) is 0 Å². The summed E-state index contributed by atoms with van der Waals surface area (Å²) < 4.78 is 19.9.